The molecular weight excluding hydrogens is 288 g/mol. The summed E-state index contributed by atoms with van der Waals surface area (Å²) in [5.41, 5.74) is 2.65. The lowest BCUT2D eigenvalue weighted by Gasteiger charge is -2.16. The van der Waals surface area contributed by atoms with Crippen molar-refractivity contribution < 1.29 is 14.6 Å². The Morgan fingerprint density at radius 2 is 2.00 bits per heavy atom. The maximum atomic E-state index is 11.8. The molecule has 0 fully saturated rings. The van der Waals surface area contributed by atoms with E-state index in [4.69, 9.17) is 9.78 Å². The van der Waals surface area contributed by atoms with Crippen molar-refractivity contribution in [3.8, 4) is 0 Å². The Balaban J connectivity index is 1.87. The third-order valence-electron chi connectivity index (χ3n) is 2.44. The van der Waals surface area contributed by atoms with Gasteiger partial charge in [-0.25, -0.2) is 4.79 Å². The van der Waals surface area contributed by atoms with Gasteiger partial charge >= 0.3 is 5.97 Å². The highest BCUT2D eigenvalue weighted by Gasteiger charge is 2.16. The van der Waals surface area contributed by atoms with Gasteiger partial charge in [0.1, 0.15) is 5.60 Å². The van der Waals surface area contributed by atoms with Gasteiger partial charge in [0, 0.05) is 16.8 Å². The van der Waals surface area contributed by atoms with Gasteiger partial charge < -0.3 is 5.32 Å². The number of hydrogen-bond acceptors (Lipinski definition) is 6. The quantitative estimate of drug-likeness (QED) is 0.675. The van der Waals surface area contributed by atoms with Crippen LogP contribution in [0.2, 0.25) is 0 Å². The third kappa shape index (κ3) is 5.17. The normalized spacial score (nSPS) is 11.2. The first-order chi connectivity index (χ1) is 9.94. The Morgan fingerprint density at radius 3 is 2.57 bits per heavy atom. The summed E-state index contributed by atoms with van der Waals surface area (Å²) in [5.74, 6) is -0.501. The summed E-state index contributed by atoms with van der Waals surface area (Å²) < 4.78 is 0. The van der Waals surface area contributed by atoms with Crippen molar-refractivity contribution in [3.05, 3.63) is 46.4 Å². The third-order valence-corrected chi connectivity index (χ3v) is 3.22. The zero-order chi connectivity index (χ0) is 15.3. The molecule has 5 nitrogen and oxygen atoms in total. The maximum absolute atomic E-state index is 11.8. The van der Waals surface area contributed by atoms with Gasteiger partial charge in [-0.05, 0) is 45.0 Å². The lowest BCUT2D eigenvalue weighted by molar-refractivity contribution is -0.301. The van der Waals surface area contributed by atoms with Crippen LogP contribution in [0, 0.1) is 0 Å². The summed E-state index contributed by atoms with van der Waals surface area (Å²) >= 11 is 1.59. The molecule has 0 aliphatic heterocycles. The van der Waals surface area contributed by atoms with Gasteiger partial charge in [-0.2, -0.15) is 4.89 Å². The van der Waals surface area contributed by atoms with E-state index in [2.05, 4.69) is 10.3 Å². The van der Waals surface area contributed by atoms with Crippen LogP contribution in [0.15, 0.2) is 36.0 Å². The number of carbonyl (C=O) groups is 1. The second kappa shape index (κ2) is 6.69. The number of hydrogen-bond donors (Lipinski definition) is 1. The molecule has 0 amide bonds. The predicted octanol–water partition coefficient (Wildman–Crippen LogP) is 3.64. The molecule has 0 saturated heterocycles. The molecule has 0 aliphatic rings. The van der Waals surface area contributed by atoms with Gasteiger partial charge in [0.15, 0.2) is 0 Å². The molecule has 0 unspecified atom stereocenters. The molecule has 0 saturated carbocycles. The Hall–Kier alpha value is -1.92. The highest BCUT2D eigenvalue weighted by atomic mass is 32.1. The van der Waals surface area contributed by atoms with Crippen molar-refractivity contribution in [1.29, 1.82) is 0 Å². The van der Waals surface area contributed by atoms with Crippen LogP contribution < -0.4 is 5.32 Å². The van der Waals surface area contributed by atoms with Gasteiger partial charge in [-0.1, -0.05) is 0 Å². The van der Waals surface area contributed by atoms with Gasteiger partial charge in [-0.3, -0.25) is 9.87 Å². The minimum atomic E-state index is -0.522. The maximum Gasteiger partial charge on any atom is 0.373 e. The van der Waals surface area contributed by atoms with Crippen LogP contribution >= 0.6 is 11.3 Å². The van der Waals surface area contributed by atoms with Gasteiger partial charge in [0.25, 0.3) is 0 Å². The van der Waals surface area contributed by atoms with Crippen LogP contribution in [0.4, 0.5) is 5.69 Å². The fraction of sp³-hybridized carbons (Fsp3) is 0.333. The largest absolute Gasteiger partial charge is 0.380 e. The number of carbonyl (C=O) groups excluding carboxylic acids is 1. The highest BCUT2D eigenvalue weighted by Crippen LogP contribution is 2.15. The summed E-state index contributed by atoms with van der Waals surface area (Å²) in [5, 5.41) is 3.26. The Labute approximate surface area is 127 Å². The smallest absolute Gasteiger partial charge is 0.373 e. The molecule has 112 valence electrons. The minimum Gasteiger partial charge on any atom is -0.380 e. The molecule has 1 N–H and O–H groups in total. The summed E-state index contributed by atoms with van der Waals surface area (Å²) in [4.78, 5) is 26.7. The van der Waals surface area contributed by atoms with Gasteiger partial charge in [-0.15, -0.1) is 11.3 Å². The van der Waals surface area contributed by atoms with E-state index in [-0.39, 0.29) is 0 Å². The van der Waals surface area contributed by atoms with Crippen LogP contribution in [0.3, 0.4) is 0 Å². The standard InChI is InChI=1S/C15H18N2O3S/c1-15(2,3)20-19-14(18)11-4-6-12(7-5-11)17-9-13-8-16-10-21-13/h4-8,10,17H,9H2,1-3H3. The van der Waals surface area contributed by atoms with E-state index in [9.17, 15) is 4.79 Å². The number of nitrogens with zero attached hydrogens (tertiary/aromatic N) is 1. The Morgan fingerprint density at radius 1 is 1.29 bits per heavy atom. The molecular formula is C15H18N2O3S. The van der Waals surface area contributed by atoms with E-state index in [1.807, 2.05) is 39.1 Å². The van der Waals surface area contributed by atoms with E-state index < -0.39 is 11.6 Å². The number of aromatic nitrogens is 1. The molecule has 1 heterocycles. The van der Waals surface area contributed by atoms with Crippen molar-refractivity contribution in [2.45, 2.75) is 32.9 Å². The van der Waals surface area contributed by atoms with Crippen molar-refractivity contribution in [1.82, 2.24) is 4.98 Å². The number of rotatable bonds is 5. The molecule has 0 aliphatic carbocycles. The Kier molecular flexibility index (Phi) is 4.93. The highest BCUT2D eigenvalue weighted by molar-refractivity contribution is 7.09. The number of anilines is 1. The van der Waals surface area contributed by atoms with Crippen molar-refractivity contribution >= 4 is 23.0 Å². The molecule has 1 aromatic heterocycles. The van der Waals surface area contributed by atoms with Crippen LogP contribution in [0.25, 0.3) is 0 Å². The van der Waals surface area contributed by atoms with Crippen LogP contribution in [-0.2, 0) is 16.3 Å². The summed E-state index contributed by atoms with van der Waals surface area (Å²) in [7, 11) is 0. The molecule has 2 rings (SSSR count). The molecule has 21 heavy (non-hydrogen) atoms. The van der Waals surface area contributed by atoms with Crippen molar-refractivity contribution in [2.75, 3.05) is 5.32 Å². The van der Waals surface area contributed by atoms with E-state index in [1.165, 1.54) is 0 Å². The first-order valence-electron chi connectivity index (χ1n) is 6.55. The zero-order valence-electron chi connectivity index (χ0n) is 12.3. The minimum absolute atomic E-state index is 0.447. The zero-order valence-corrected chi connectivity index (χ0v) is 13.1. The molecule has 6 heteroatoms. The van der Waals surface area contributed by atoms with Crippen LogP contribution in [0.5, 0.6) is 0 Å². The monoisotopic (exact) mass is 306 g/mol. The Bertz CT molecular complexity index is 574. The van der Waals surface area contributed by atoms with E-state index in [1.54, 1.807) is 29.0 Å². The average Bonchev–Trinajstić information content (AvgIpc) is 2.95. The first kappa shape index (κ1) is 15.5. The SMILES string of the molecule is CC(C)(C)OOC(=O)c1ccc(NCc2cncs2)cc1. The van der Waals surface area contributed by atoms with E-state index >= 15 is 0 Å². The van der Waals surface area contributed by atoms with Gasteiger partial charge in [0.2, 0.25) is 0 Å². The second-order valence-electron chi connectivity index (χ2n) is 5.47. The number of thiazole rings is 1. The number of benzene rings is 1. The lowest BCUT2D eigenvalue weighted by atomic mass is 10.2. The average molecular weight is 306 g/mol. The molecule has 1 aromatic carbocycles. The summed E-state index contributed by atoms with van der Waals surface area (Å²) in [6.45, 7) is 6.15. The fourth-order valence-electron chi connectivity index (χ4n) is 1.45. The van der Waals surface area contributed by atoms with Crippen molar-refractivity contribution in [3.63, 3.8) is 0 Å². The molecule has 0 spiro atoms. The van der Waals surface area contributed by atoms with Crippen LogP contribution in [0.1, 0.15) is 36.0 Å². The molecule has 0 bridgehead atoms. The van der Waals surface area contributed by atoms with Gasteiger partial charge in [0.05, 0.1) is 17.6 Å². The first-order valence-corrected chi connectivity index (χ1v) is 7.43. The topological polar surface area (TPSA) is 60.5 Å². The molecule has 0 atom stereocenters. The summed E-state index contributed by atoms with van der Waals surface area (Å²) in [6.07, 6.45) is 1.83. The van der Waals surface area contributed by atoms with E-state index in [0.29, 0.717) is 12.1 Å². The van der Waals surface area contributed by atoms with Crippen LogP contribution in [-0.4, -0.2) is 16.6 Å². The molecule has 2 aromatic rings. The number of nitrogens with one attached hydrogen (secondary N) is 1. The fourth-order valence-corrected chi connectivity index (χ4v) is 1.99. The van der Waals surface area contributed by atoms with E-state index in [0.717, 1.165) is 10.6 Å². The van der Waals surface area contributed by atoms with Crippen molar-refractivity contribution in [2.24, 2.45) is 0 Å². The second-order valence-corrected chi connectivity index (χ2v) is 6.44. The predicted molar refractivity (Wildman–Crippen MR) is 82.1 cm³/mol. The lowest BCUT2D eigenvalue weighted by Crippen LogP contribution is -2.21. The molecule has 0 radical (unpaired) electrons. The summed E-state index contributed by atoms with van der Waals surface area (Å²) in [6, 6.07) is 7.05.